The van der Waals surface area contributed by atoms with Crippen molar-refractivity contribution in [1.82, 2.24) is 10.6 Å². The first-order valence-corrected chi connectivity index (χ1v) is 6.01. The minimum Gasteiger partial charge on any atom is -0.481 e. The minimum absolute atomic E-state index is 0.106. The highest BCUT2D eigenvalue weighted by Crippen LogP contribution is 2.24. The molecule has 1 aliphatic carbocycles. The molecule has 17 heavy (non-hydrogen) atoms. The van der Waals surface area contributed by atoms with Crippen LogP contribution in [0.5, 0.6) is 0 Å². The second-order valence-corrected chi connectivity index (χ2v) is 4.36. The zero-order chi connectivity index (χ0) is 12.7. The second kappa shape index (κ2) is 6.93. The highest BCUT2D eigenvalue weighted by molar-refractivity contribution is 5.74. The third kappa shape index (κ3) is 4.89. The SMILES string of the molecule is C=CCCNC(=O)NC1CCC(C(=O)O)CC1. The number of carbonyl (C=O) groups is 2. The van der Waals surface area contributed by atoms with Gasteiger partial charge in [0.2, 0.25) is 0 Å². The molecule has 0 bridgehead atoms. The molecule has 0 radical (unpaired) electrons. The summed E-state index contributed by atoms with van der Waals surface area (Å²) in [5.41, 5.74) is 0. The molecule has 5 heteroatoms. The lowest BCUT2D eigenvalue weighted by atomic mass is 9.86. The van der Waals surface area contributed by atoms with E-state index in [9.17, 15) is 9.59 Å². The molecule has 1 rings (SSSR count). The van der Waals surface area contributed by atoms with E-state index in [0.717, 1.165) is 19.3 Å². The summed E-state index contributed by atoms with van der Waals surface area (Å²) in [6.45, 7) is 4.15. The fourth-order valence-corrected chi connectivity index (χ4v) is 2.01. The summed E-state index contributed by atoms with van der Waals surface area (Å²) in [7, 11) is 0. The van der Waals surface area contributed by atoms with Gasteiger partial charge in [-0.1, -0.05) is 6.08 Å². The monoisotopic (exact) mass is 240 g/mol. The number of amides is 2. The van der Waals surface area contributed by atoms with Crippen molar-refractivity contribution in [3.8, 4) is 0 Å². The molecule has 2 amide bonds. The molecule has 5 nitrogen and oxygen atoms in total. The van der Waals surface area contributed by atoms with Crippen molar-refractivity contribution in [2.75, 3.05) is 6.54 Å². The van der Waals surface area contributed by atoms with E-state index in [1.54, 1.807) is 6.08 Å². The third-order valence-corrected chi connectivity index (χ3v) is 3.05. The molecular formula is C12H20N2O3. The van der Waals surface area contributed by atoms with E-state index in [2.05, 4.69) is 17.2 Å². The van der Waals surface area contributed by atoms with E-state index in [0.29, 0.717) is 19.4 Å². The Bertz CT molecular complexity index is 283. The zero-order valence-corrected chi connectivity index (χ0v) is 9.95. The smallest absolute Gasteiger partial charge is 0.315 e. The van der Waals surface area contributed by atoms with Crippen LogP contribution in [0.3, 0.4) is 0 Å². The number of rotatable bonds is 5. The van der Waals surface area contributed by atoms with Crippen LogP contribution in [0.1, 0.15) is 32.1 Å². The normalized spacial score (nSPS) is 23.8. The van der Waals surface area contributed by atoms with E-state index < -0.39 is 5.97 Å². The Kier molecular flexibility index (Phi) is 5.52. The number of carbonyl (C=O) groups excluding carboxylic acids is 1. The van der Waals surface area contributed by atoms with Gasteiger partial charge in [0.05, 0.1) is 5.92 Å². The number of hydrogen-bond donors (Lipinski definition) is 3. The first-order valence-electron chi connectivity index (χ1n) is 6.01. The van der Waals surface area contributed by atoms with Gasteiger partial charge >= 0.3 is 12.0 Å². The number of carboxylic acids is 1. The van der Waals surface area contributed by atoms with Crippen molar-refractivity contribution >= 4 is 12.0 Å². The molecule has 0 aliphatic heterocycles. The zero-order valence-electron chi connectivity index (χ0n) is 9.95. The first kappa shape index (κ1) is 13.5. The van der Waals surface area contributed by atoms with Crippen molar-refractivity contribution < 1.29 is 14.7 Å². The summed E-state index contributed by atoms with van der Waals surface area (Å²) in [5.74, 6) is -0.962. The first-order chi connectivity index (χ1) is 8.13. The van der Waals surface area contributed by atoms with Gasteiger partial charge in [-0.3, -0.25) is 4.79 Å². The third-order valence-electron chi connectivity index (χ3n) is 3.05. The highest BCUT2D eigenvalue weighted by Gasteiger charge is 2.26. The molecular weight excluding hydrogens is 220 g/mol. The van der Waals surface area contributed by atoms with Crippen LogP contribution < -0.4 is 10.6 Å². The quantitative estimate of drug-likeness (QED) is 0.503. The van der Waals surface area contributed by atoms with Gasteiger partial charge in [-0.05, 0) is 32.1 Å². The van der Waals surface area contributed by atoms with Gasteiger partial charge in [0.25, 0.3) is 0 Å². The topological polar surface area (TPSA) is 78.4 Å². The number of aliphatic carboxylic acids is 1. The van der Waals surface area contributed by atoms with E-state index in [1.807, 2.05) is 0 Å². The summed E-state index contributed by atoms with van der Waals surface area (Å²) < 4.78 is 0. The lowest BCUT2D eigenvalue weighted by Gasteiger charge is -2.26. The Balaban J connectivity index is 2.19. The Morgan fingerprint density at radius 3 is 2.47 bits per heavy atom. The number of nitrogens with one attached hydrogen (secondary N) is 2. The predicted octanol–water partition coefficient (Wildman–Crippen LogP) is 1.51. The summed E-state index contributed by atoms with van der Waals surface area (Å²) in [4.78, 5) is 22.2. The molecule has 0 heterocycles. The van der Waals surface area contributed by atoms with E-state index in [1.165, 1.54) is 0 Å². The average molecular weight is 240 g/mol. The van der Waals surface area contributed by atoms with E-state index in [4.69, 9.17) is 5.11 Å². The van der Waals surface area contributed by atoms with Crippen LogP contribution in [0.25, 0.3) is 0 Å². The average Bonchev–Trinajstić information content (AvgIpc) is 2.30. The lowest BCUT2D eigenvalue weighted by molar-refractivity contribution is -0.142. The maximum absolute atomic E-state index is 11.4. The molecule has 1 fully saturated rings. The van der Waals surface area contributed by atoms with Gasteiger partial charge in [-0.25, -0.2) is 4.79 Å². The molecule has 0 saturated heterocycles. The van der Waals surface area contributed by atoms with Crippen LogP contribution in [0.4, 0.5) is 4.79 Å². The lowest BCUT2D eigenvalue weighted by Crippen LogP contribution is -2.44. The van der Waals surface area contributed by atoms with Crippen molar-refractivity contribution in [3.63, 3.8) is 0 Å². The summed E-state index contributed by atoms with van der Waals surface area (Å²) >= 11 is 0. The standard InChI is InChI=1S/C12H20N2O3/c1-2-3-8-13-12(17)14-10-6-4-9(5-7-10)11(15)16/h2,9-10H,1,3-8H2,(H,15,16)(H2,13,14,17). The van der Waals surface area contributed by atoms with E-state index in [-0.39, 0.29) is 18.0 Å². The maximum atomic E-state index is 11.4. The molecule has 96 valence electrons. The fraction of sp³-hybridized carbons (Fsp3) is 0.667. The van der Waals surface area contributed by atoms with Gasteiger partial charge in [-0.15, -0.1) is 6.58 Å². The molecule has 0 aromatic carbocycles. The van der Waals surface area contributed by atoms with Crippen molar-refractivity contribution in [2.24, 2.45) is 5.92 Å². The molecule has 0 spiro atoms. The van der Waals surface area contributed by atoms with Crippen molar-refractivity contribution in [1.29, 1.82) is 0 Å². The predicted molar refractivity (Wildman–Crippen MR) is 64.7 cm³/mol. The Labute approximate surface area is 101 Å². The molecule has 1 aliphatic rings. The van der Waals surface area contributed by atoms with Crippen LogP contribution in [0, 0.1) is 5.92 Å². The summed E-state index contributed by atoms with van der Waals surface area (Å²) in [6, 6.07) is -0.0695. The maximum Gasteiger partial charge on any atom is 0.315 e. The van der Waals surface area contributed by atoms with Gasteiger partial charge < -0.3 is 15.7 Å². The Morgan fingerprint density at radius 1 is 1.29 bits per heavy atom. The molecule has 3 N–H and O–H groups in total. The van der Waals surface area contributed by atoms with Gasteiger partial charge in [0, 0.05) is 12.6 Å². The van der Waals surface area contributed by atoms with Gasteiger partial charge in [0.1, 0.15) is 0 Å². The van der Waals surface area contributed by atoms with Crippen LogP contribution in [-0.4, -0.2) is 29.7 Å². The van der Waals surface area contributed by atoms with Crippen LogP contribution in [0.2, 0.25) is 0 Å². The van der Waals surface area contributed by atoms with Crippen molar-refractivity contribution in [3.05, 3.63) is 12.7 Å². The van der Waals surface area contributed by atoms with Crippen LogP contribution in [-0.2, 0) is 4.79 Å². The van der Waals surface area contributed by atoms with Crippen LogP contribution >= 0.6 is 0 Å². The number of carboxylic acid groups (broad SMARTS) is 1. The Hall–Kier alpha value is -1.52. The molecule has 0 aromatic rings. The molecule has 0 unspecified atom stereocenters. The minimum atomic E-state index is -0.723. The number of hydrogen-bond acceptors (Lipinski definition) is 2. The molecule has 0 aromatic heterocycles. The molecule has 0 atom stereocenters. The van der Waals surface area contributed by atoms with Gasteiger partial charge in [0.15, 0.2) is 0 Å². The number of urea groups is 1. The summed E-state index contributed by atoms with van der Waals surface area (Å²) in [6.07, 6.45) is 5.27. The van der Waals surface area contributed by atoms with E-state index >= 15 is 0 Å². The van der Waals surface area contributed by atoms with Crippen LogP contribution in [0.15, 0.2) is 12.7 Å². The second-order valence-electron chi connectivity index (χ2n) is 4.36. The van der Waals surface area contributed by atoms with Gasteiger partial charge in [-0.2, -0.15) is 0 Å². The fourth-order valence-electron chi connectivity index (χ4n) is 2.01. The largest absolute Gasteiger partial charge is 0.481 e. The molecule has 1 saturated carbocycles. The Morgan fingerprint density at radius 2 is 1.94 bits per heavy atom. The summed E-state index contributed by atoms with van der Waals surface area (Å²) in [5, 5.41) is 14.4. The van der Waals surface area contributed by atoms with Crippen molar-refractivity contribution in [2.45, 2.75) is 38.1 Å². The highest BCUT2D eigenvalue weighted by atomic mass is 16.4.